The van der Waals surface area contributed by atoms with Crippen molar-refractivity contribution < 1.29 is 0 Å². The number of pyridine rings is 1. The number of nitrogens with two attached hydrogens (primary N) is 1. The lowest BCUT2D eigenvalue weighted by Gasteiger charge is -2.40. The zero-order valence-electron chi connectivity index (χ0n) is 14.4. The number of hydrogen-bond acceptors (Lipinski definition) is 5. The van der Waals surface area contributed by atoms with Crippen LogP contribution >= 0.6 is 11.6 Å². The summed E-state index contributed by atoms with van der Waals surface area (Å²) in [4.78, 5) is 13.4. The first kappa shape index (κ1) is 16.0. The number of fused-ring (bicyclic) bond motifs is 3. The highest BCUT2D eigenvalue weighted by molar-refractivity contribution is 6.35. The Kier molecular flexibility index (Phi) is 3.83. The van der Waals surface area contributed by atoms with E-state index in [-0.39, 0.29) is 0 Å². The Morgan fingerprint density at radius 3 is 2.73 bits per heavy atom. The summed E-state index contributed by atoms with van der Waals surface area (Å²) >= 11 is 6.37. The maximum Gasteiger partial charge on any atom is 0.146 e. The minimum Gasteiger partial charge on any atom is -0.382 e. The Bertz CT molecular complexity index is 956. The van der Waals surface area contributed by atoms with Gasteiger partial charge < -0.3 is 11.1 Å². The van der Waals surface area contributed by atoms with Crippen LogP contribution in [0.5, 0.6) is 0 Å². The highest BCUT2D eigenvalue weighted by atomic mass is 35.5. The third-order valence-electron chi connectivity index (χ3n) is 5.75. The number of nitrogens with zero attached hydrogens (tertiary/aromatic N) is 4. The van der Waals surface area contributed by atoms with E-state index >= 15 is 0 Å². The van der Waals surface area contributed by atoms with Crippen molar-refractivity contribution in [3.63, 3.8) is 0 Å². The molecule has 5 heterocycles. The minimum atomic E-state index is 0.321. The van der Waals surface area contributed by atoms with Crippen LogP contribution < -0.4 is 11.1 Å². The number of nitrogens with one attached hydrogen (secondary N) is 1. The average molecular weight is 369 g/mol. The maximum atomic E-state index is 6.37. The highest BCUT2D eigenvalue weighted by Gasteiger charge is 2.33. The van der Waals surface area contributed by atoms with E-state index in [0.717, 1.165) is 35.4 Å². The van der Waals surface area contributed by atoms with Crippen molar-refractivity contribution in [1.82, 2.24) is 24.7 Å². The summed E-state index contributed by atoms with van der Waals surface area (Å²) in [5.74, 6) is 1.57. The van der Waals surface area contributed by atoms with Crippen molar-refractivity contribution in [3.8, 4) is 11.4 Å². The summed E-state index contributed by atoms with van der Waals surface area (Å²) in [6.07, 6.45) is 13.5. The summed E-state index contributed by atoms with van der Waals surface area (Å²) in [6.45, 7) is 0. The number of anilines is 1. The van der Waals surface area contributed by atoms with Gasteiger partial charge in [0.2, 0.25) is 0 Å². The molecule has 6 nitrogen and oxygen atoms in total. The van der Waals surface area contributed by atoms with Gasteiger partial charge in [0.1, 0.15) is 11.6 Å². The van der Waals surface area contributed by atoms with Crippen LogP contribution in [0.1, 0.15) is 43.7 Å². The van der Waals surface area contributed by atoms with Gasteiger partial charge in [0.25, 0.3) is 0 Å². The van der Waals surface area contributed by atoms with E-state index in [1.54, 1.807) is 6.20 Å². The molecular weight excluding hydrogens is 348 g/mol. The molecule has 2 fully saturated rings. The van der Waals surface area contributed by atoms with Crippen LogP contribution in [0.3, 0.4) is 0 Å². The lowest BCUT2D eigenvalue weighted by Crippen LogP contribution is -2.48. The van der Waals surface area contributed by atoms with Crippen LogP contribution in [-0.2, 0) is 0 Å². The second-order valence-corrected chi connectivity index (χ2v) is 7.74. The SMILES string of the molecule is Nc1nccc(-c2ncc3c(C4C[C@H]5CCC[C@@H](C4)N5)nccn23)c1Cl. The first-order valence-electron chi connectivity index (χ1n) is 9.19. The van der Waals surface area contributed by atoms with Crippen molar-refractivity contribution in [2.45, 2.75) is 50.1 Å². The van der Waals surface area contributed by atoms with Crippen molar-refractivity contribution >= 4 is 22.9 Å². The smallest absolute Gasteiger partial charge is 0.146 e. The molecule has 0 spiro atoms. The molecule has 3 aromatic heterocycles. The van der Waals surface area contributed by atoms with Gasteiger partial charge in [-0.15, -0.1) is 0 Å². The van der Waals surface area contributed by atoms with E-state index in [2.05, 4.69) is 19.7 Å². The van der Waals surface area contributed by atoms with Crippen molar-refractivity contribution in [1.29, 1.82) is 0 Å². The molecule has 3 N–H and O–H groups in total. The molecule has 2 aliphatic heterocycles. The molecule has 0 saturated carbocycles. The monoisotopic (exact) mass is 368 g/mol. The maximum absolute atomic E-state index is 6.37. The molecule has 3 atom stereocenters. The summed E-state index contributed by atoms with van der Waals surface area (Å²) in [5, 5.41) is 4.20. The number of halogens is 1. The molecule has 2 bridgehead atoms. The number of aromatic nitrogens is 4. The van der Waals surface area contributed by atoms with Crippen molar-refractivity contribution in [3.05, 3.63) is 41.6 Å². The van der Waals surface area contributed by atoms with E-state index in [1.807, 2.05) is 24.7 Å². The lowest BCUT2D eigenvalue weighted by molar-refractivity contribution is 0.220. The number of rotatable bonds is 2. The topological polar surface area (TPSA) is 81.1 Å². The number of hydrogen-bond donors (Lipinski definition) is 2. The molecule has 0 amide bonds. The van der Waals surface area contributed by atoms with Crippen molar-refractivity contribution in [2.24, 2.45) is 0 Å². The second-order valence-electron chi connectivity index (χ2n) is 7.37. The van der Waals surface area contributed by atoms with Crippen molar-refractivity contribution in [2.75, 3.05) is 5.73 Å². The van der Waals surface area contributed by atoms with Crippen LogP contribution in [-0.4, -0.2) is 31.4 Å². The van der Waals surface area contributed by atoms with Gasteiger partial charge in [0.05, 0.1) is 22.4 Å². The van der Waals surface area contributed by atoms with Crippen LogP contribution in [0.15, 0.2) is 30.9 Å². The fourth-order valence-electron chi connectivity index (χ4n) is 4.58. The summed E-state index contributed by atoms with van der Waals surface area (Å²) in [6, 6.07) is 3.08. The summed E-state index contributed by atoms with van der Waals surface area (Å²) < 4.78 is 2.07. The third kappa shape index (κ3) is 2.56. The van der Waals surface area contributed by atoms with Gasteiger partial charge in [0.15, 0.2) is 0 Å². The van der Waals surface area contributed by atoms with E-state index in [4.69, 9.17) is 22.3 Å². The molecule has 5 rings (SSSR count). The molecular formula is C19H21ClN6. The van der Waals surface area contributed by atoms with Crippen LogP contribution in [0.25, 0.3) is 16.9 Å². The molecule has 0 aliphatic carbocycles. The standard InChI is InChI=1S/C19H21ClN6/c20-16-14(4-5-23-18(16)21)19-24-10-15-17(22-6-7-26(15)19)11-8-12-2-1-3-13(9-11)25-12/h4-7,10-13,25H,1-3,8-9H2,(H2,21,23)/t11?,12-,13+. The van der Waals surface area contributed by atoms with Gasteiger partial charge in [-0.2, -0.15) is 0 Å². The van der Waals surface area contributed by atoms with Gasteiger partial charge in [-0.05, 0) is 31.7 Å². The average Bonchev–Trinajstić information content (AvgIpc) is 3.07. The Morgan fingerprint density at radius 2 is 1.92 bits per heavy atom. The van der Waals surface area contributed by atoms with Gasteiger partial charge >= 0.3 is 0 Å². The summed E-state index contributed by atoms with van der Waals surface area (Å²) in [5.41, 5.74) is 8.86. The molecule has 134 valence electrons. The fourth-order valence-corrected chi connectivity index (χ4v) is 4.78. The molecule has 2 aliphatic rings. The minimum absolute atomic E-state index is 0.321. The first-order chi connectivity index (χ1) is 12.7. The fraction of sp³-hybridized carbons (Fsp3) is 0.421. The van der Waals surface area contributed by atoms with E-state index in [9.17, 15) is 0 Å². The summed E-state index contributed by atoms with van der Waals surface area (Å²) in [7, 11) is 0. The Balaban J connectivity index is 1.59. The second kappa shape index (κ2) is 6.21. The Morgan fingerprint density at radius 1 is 1.12 bits per heavy atom. The zero-order valence-corrected chi connectivity index (χ0v) is 15.2. The normalized spacial score (nSPS) is 25.5. The predicted molar refractivity (Wildman–Crippen MR) is 102 cm³/mol. The molecule has 0 radical (unpaired) electrons. The molecule has 3 aromatic rings. The lowest BCUT2D eigenvalue weighted by atomic mass is 9.78. The zero-order chi connectivity index (χ0) is 17.7. The predicted octanol–water partition coefficient (Wildman–Crippen LogP) is 3.42. The van der Waals surface area contributed by atoms with Gasteiger partial charge in [-0.25, -0.2) is 9.97 Å². The van der Waals surface area contributed by atoms with E-state index in [1.165, 1.54) is 19.3 Å². The van der Waals surface area contributed by atoms with Gasteiger partial charge in [-0.1, -0.05) is 18.0 Å². The van der Waals surface area contributed by atoms with Crippen LogP contribution in [0.2, 0.25) is 5.02 Å². The molecule has 2 saturated heterocycles. The number of nitrogen functional groups attached to an aromatic ring is 1. The Labute approximate surface area is 156 Å². The Hall–Kier alpha value is -2.18. The molecule has 7 heteroatoms. The number of piperidine rings is 2. The molecule has 1 unspecified atom stereocenters. The highest BCUT2D eigenvalue weighted by Crippen LogP contribution is 2.38. The molecule has 26 heavy (non-hydrogen) atoms. The molecule has 0 aromatic carbocycles. The van der Waals surface area contributed by atoms with E-state index in [0.29, 0.717) is 28.8 Å². The quantitative estimate of drug-likeness (QED) is 0.724. The van der Waals surface area contributed by atoms with Crippen LogP contribution in [0.4, 0.5) is 5.82 Å². The number of imidazole rings is 1. The van der Waals surface area contributed by atoms with Gasteiger partial charge in [0, 0.05) is 42.2 Å². The van der Waals surface area contributed by atoms with Crippen LogP contribution in [0, 0.1) is 0 Å². The third-order valence-corrected chi connectivity index (χ3v) is 6.14. The van der Waals surface area contributed by atoms with Gasteiger partial charge in [-0.3, -0.25) is 9.38 Å². The largest absolute Gasteiger partial charge is 0.382 e. The first-order valence-corrected chi connectivity index (χ1v) is 9.57. The van der Waals surface area contributed by atoms with E-state index < -0.39 is 0 Å².